The second kappa shape index (κ2) is 12.0. The number of methoxy groups -OCH3 is 1. The largest absolute Gasteiger partial charge is 0.493 e. The van der Waals surface area contributed by atoms with Gasteiger partial charge in [0.05, 0.1) is 42.3 Å². The maximum atomic E-state index is 13.8. The number of nitrogens with zero attached hydrogens (tertiary/aromatic N) is 1. The number of benzene rings is 2. The number of ether oxygens (including phenoxy) is 2. The fraction of sp³-hybridized carbons (Fsp3) is 0.448. The number of carbonyl (C=O) groups excluding carboxylic acids is 2. The molecule has 4 N–H and O–H groups in total. The van der Waals surface area contributed by atoms with E-state index < -0.39 is 30.1 Å². The van der Waals surface area contributed by atoms with Gasteiger partial charge in [-0.15, -0.1) is 0 Å². The van der Waals surface area contributed by atoms with Crippen LogP contribution < -0.4 is 14.8 Å². The van der Waals surface area contributed by atoms with E-state index in [1.807, 2.05) is 0 Å². The van der Waals surface area contributed by atoms with Gasteiger partial charge in [0.2, 0.25) is 11.8 Å². The lowest BCUT2D eigenvalue weighted by Gasteiger charge is -2.43. The van der Waals surface area contributed by atoms with E-state index in [4.69, 9.17) is 32.7 Å². The minimum atomic E-state index is -1.19. The molecule has 1 saturated carbocycles. The average Bonchev–Trinajstić information content (AvgIpc) is 3.31. The lowest BCUT2D eigenvalue weighted by Crippen LogP contribution is -2.56. The predicted octanol–water partition coefficient (Wildman–Crippen LogP) is 2.95. The van der Waals surface area contributed by atoms with Gasteiger partial charge in [-0.1, -0.05) is 35.7 Å². The van der Waals surface area contributed by atoms with Crippen LogP contribution in [0.4, 0.5) is 0 Å². The van der Waals surface area contributed by atoms with Crippen LogP contribution in [0.15, 0.2) is 42.0 Å². The SMILES string of the molecule is COc1cc(CO)cc2c1O[C@@H]1[C@@H](O)[C@H](N(Cc3ccc(Cl)c(Cl)c3)C(=O)C3CCC3)C=C(C(=O)NCCO)[C@H]21. The van der Waals surface area contributed by atoms with Gasteiger partial charge in [-0.05, 0) is 54.3 Å². The van der Waals surface area contributed by atoms with Gasteiger partial charge in [0, 0.05) is 30.1 Å². The number of aliphatic hydroxyl groups is 3. The fourth-order valence-corrected chi connectivity index (χ4v) is 5.99. The van der Waals surface area contributed by atoms with Crippen molar-refractivity contribution in [3.63, 3.8) is 0 Å². The zero-order valence-electron chi connectivity index (χ0n) is 22.0. The highest BCUT2D eigenvalue weighted by atomic mass is 35.5. The van der Waals surface area contributed by atoms with Crippen LogP contribution in [0.5, 0.6) is 11.5 Å². The van der Waals surface area contributed by atoms with Crippen molar-refractivity contribution in [2.75, 3.05) is 20.3 Å². The lowest BCUT2D eigenvalue weighted by molar-refractivity contribution is -0.145. The Balaban J connectivity index is 1.59. The van der Waals surface area contributed by atoms with Gasteiger partial charge in [0.25, 0.3) is 0 Å². The van der Waals surface area contributed by atoms with Crippen molar-refractivity contribution in [1.82, 2.24) is 10.2 Å². The van der Waals surface area contributed by atoms with Gasteiger partial charge in [0.1, 0.15) is 12.2 Å². The highest BCUT2D eigenvalue weighted by molar-refractivity contribution is 6.42. The van der Waals surface area contributed by atoms with Crippen molar-refractivity contribution in [3.05, 3.63) is 68.7 Å². The predicted molar refractivity (Wildman–Crippen MR) is 148 cm³/mol. The van der Waals surface area contributed by atoms with Gasteiger partial charge < -0.3 is 35.0 Å². The number of carbonyl (C=O) groups is 2. The summed E-state index contributed by atoms with van der Waals surface area (Å²) in [4.78, 5) is 28.8. The number of amides is 2. The number of hydrogen-bond acceptors (Lipinski definition) is 7. The molecule has 1 fully saturated rings. The third-order valence-corrected chi connectivity index (χ3v) is 8.67. The number of fused-ring (bicyclic) bond motifs is 3. The number of hydrogen-bond donors (Lipinski definition) is 4. The molecule has 0 saturated heterocycles. The van der Waals surface area contributed by atoms with E-state index in [2.05, 4.69) is 5.32 Å². The molecule has 4 atom stereocenters. The van der Waals surface area contributed by atoms with E-state index in [1.165, 1.54) is 7.11 Å². The van der Waals surface area contributed by atoms with Crippen LogP contribution in [0.3, 0.4) is 0 Å². The molecule has 1 heterocycles. The Morgan fingerprint density at radius 1 is 1.12 bits per heavy atom. The molecule has 1 aliphatic heterocycles. The summed E-state index contributed by atoms with van der Waals surface area (Å²) < 4.78 is 11.8. The van der Waals surface area contributed by atoms with Crippen molar-refractivity contribution in [3.8, 4) is 11.5 Å². The Hall–Kier alpha value is -2.82. The maximum absolute atomic E-state index is 13.8. The van der Waals surface area contributed by atoms with E-state index in [9.17, 15) is 24.9 Å². The maximum Gasteiger partial charge on any atom is 0.247 e. The van der Waals surface area contributed by atoms with Gasteiger partial charge in [-0.3, -0.25) is 9.59 Å². The van der Waals surface area contributed by atoms with Gasteiger partial charge in [-0.2, -0.15) is 0 Å². The minimum absolute atomic E-state index is 0.0302. The molecule has 0 bridgehead atoms. The second-order valence-electron chi connectivity index (χ2n) is 10.4. The summed E-state index contributed by atoms with van der Waals surface area (Å²) in [5.41, 5.74) is 2.18. The van der Waals surface area contributed by atoms with Crippen molar-refractivity contribution in [2.24, 2.45) is 5.92 Å². The molecular formula is C29H32Cl2N2O7. The van der Waals surface area contributed by atoms with Gasteiger partial charge >= 0.3 is 0 Å². The smallest absolute Gasteiger partial charge is 0.247 e. The first-order valence-electron chi connectivity index (χ1n) is 13.3. The first-order valence-corrected chi connectivity index (χ1v) is 14.0. The summed E-state index contributed by atoms with van der Waals surface area (Å²) in [5.74, 6) is -0.699. The Morgan fingerprint density at radius 3 is 2.52 bits per heavy atom. The molecule has 2 aliphatic carbocycles. The normalized spacial score (nSPS) is 23.3. The Labute approximate surface area is 242 Å². The molecule has 0 radical (unpaired) electrons. The van der Waals surface area contributed by atoms with Crippen LogP contribution in [0.2, 0.25) is 10.0 Å². The summed E-state index contributed by atoms with van der Waals surface area (Å²) in [6, 6.07) is 7.60. The number of halogens is 2. The first-order chi connectivity index (χ1) is 19.3. The number of rotatable bonds is 9. The monoisotopic (exact) mass is 590 g/mol. The van der Waals surface area contributed by atoms with E-state index in [-0.39, 0.29) is 38.1 Å². The molecule has 11 heteroatoms. The Morgan fingerprint density at radius 2 is 1.90 bits per heavy atom. The molecule has 3 aliphatic rings. The van der Waals surface area contributed by atoms with E-state index in [0.717, 1.165) is 24.8 Å². The van der Waals surface area contributed by atoms with Crippen LogP contribution >= 0.6 is 23.2 Å². The molecule has 2 aromatic carbocycles. The van der Waals surface area contributed by atoms with Crippen LogP contribution in [0, 0.1) is 5.92 Å². The summed E-state index contributed by atoms with van der Waals surface area (Å²) >= 11 is 12.4. The number of aliphatic hydroxyl groups excluding tert-OH is 3. The third kappa shape index (κ3) is 5.29. The zero-order valence-corrected chi connectivity index (χ0v) is 23.5. The summed E-state index contributed by atoms with van der Waals surface area (Å²) in [7, 11) is 1.47. The highest BCUT2D eigenvalue weighted by Gasteiger charge is 2.52. The molecule has 214 valence electrons. The van der Waals surface area contributed by atoms with Crippen LogP contribution in [-0.4, -0.2) is 70.5 Å². The van der Waals surface area contributed by atoms with Crippen LogP contribution in [0.1, 0.15) is 41.9 Å². The molecular weight excluding hydrogens is 559 g/mol. The van der Waals surface area contributed by atoms with Gasteiger partial charge in [-0.25, -0.2) is 0 Å². The van der Waals surface area contributed by atoms with E-state index in [0.29, 0.717) is 38.2 Å². The molecule has 0 unspecified atom stereocenters. The van der Waals surface area contributed by atoms with E-state index in [1.54, 1.807) is 41.3 Å². The summed E-state index contributed by atoms with van der Waals surface area (Å²) in [6.07, 6.45) is 1.98. The highest BCUT2D eigenvalue weighted by Crippen LogP contribution is 2.51. The standard InChI is InChI=1S/C29H32Cl2N2O7/c1-39-23-11-16(14-35)9-18-24-19(28(37)32-7-8-34)12-22(25(36)27(24)40-26(18)23)33(29(38)17-3-2-4-17)13-15-5-6-20(30)21(31)10-15/h5-6,9-12,17,22,24-25,27,34-36H,2-4,7-8,13-14H2,1H3,(H,32,37)/t22-,24+,25+,27+/m1/s1. The molecule has 2 amide bonds. The van der Waals surface area contributed by atoms with Gasteiger partial charge in [0.15, 0.2) is 11.5 Å². The third-order valence-electron chi connectivity index (χ3n) is 7.93. The molecule has 2 aromatic rings. The molecule has 5 rings (SSSR count). The Kier molecular flexibility index (Phi) is 8.58. The summed E-state index contributed by atoms with van der Waals surface area (Å²) in [6.45, 7) is -0.339. The quantitative estimate of drug-likeness (QED) is 0.353. The van der Waals surface area contributed by atoms with Crippen molar-refractivity contribution >= 4 is 35.0 Å². The molecule has 40 heavy (non-hydrogen) atoms. The summed E-state index contributed by atoms with van der Waals surface area (Å²) in [5, 5.41) is 34.4. The Bertz CT molecular complexity index is 1330. The average molecular weight is 591 g/mol. The minimum Gasteiger partial charge on any atom is -0.493 e. The topological polar surface area (TPSA) is 129 Å². The van der Waals surface area contributed by atoms with E-state index >= 15 is 0 Å². The molecule has 0 spiro atoms. The zero-order chi connectivity index (χ0) is 28.6. The van der Waals surface area contributed by atoms with Crippen molar-refractivity contribution in [1.29, 1.82) is 0 Å². The lowest BCUT2D eigenvalue weighted by atomic mass is 9.76. The number of nitrogens with one attached hydrogen (secondary N) is 1. The second-order valence-corrected chi connectivity index (χ2v) is 11.2. The molecule has 0 aromatic heterocycles. The van der Waals surface area contributed by atoms with Crippen molar-refractivity contribution in [2.45, 2.75) is 56.6 Å². The first kappa shape index (κ1) is 28.7. The fourth-order valence-electron chi connectivity index (χ4n) is 5.67. The molecule has 9 nitrogen and oxygen atoms in total. The van der Waals surface area contributed by atoms with Crippen LogP contribution in [-0.2, 0) is 22.7 Å². The van der Waals surface area contributed by atoms with Crippen LogP contribution in [0.25, 0.3) is 0 Å². The van der Waals surface area contributed by atoms with Crippen molar-refractivity contribution < 1.29 is 34.4 Å².